The Balaban J connectivity index is 2.08. The van der Waals surface area contributed by atoms with Crippen molar-refractivity contribution in [1.82, 2.24) is 4.98 Å². The summed E-state index contributed by atoms with van der Waals surface area (Å²) in [5.41, 5.74) is 1.42. The number of hydrogen-bond donors (Lipinski definition) is 1. The SMILES string of the molecule is CC1CC(Nc2c([N+](=O)[O-])cnc3ccc(C#N)cc23)CCO1. The maximum absolute atomic E-state index is 11.4. The molecule has 2 aromatic rings. The fourth-order valence-corrected chi connectivity index (χ4v) is 2.88. The Kier molecular flexibility index (Phi) is 4.08. The van der Waals surface area contributed by atoms with Crippen LogP contribution in [0.15, 0.2) is 24.4 Å². The standard InChI is InChI=1S/C16H16N4O3/c1-10-6-12(4-5-23-10)19-16-13-7-11(8-17)2-3-14(13)18-9-15(16)20(21)22/h2-3,7,9-10,12H,4-6H2,1H3,(H,18,19). The summed E-state index contributed by atoms with van der Waals surface area (Å²) in [6.07, 6.45) is 2.94. The van der Waals surface area contributed by atoms with Crippen LogP contribution in [0.1, 0.15) is 25.3 Å². The normalized spacial score (nSPS) is 20.9. The lowest BCUT2D eigenvalue weighted by Crippen LogP contribution is -2.32. The zero-order valence-corrected chi connectivity index (χ0v) is 12.7. The van der Waals surface area contributed by atoms with Crippen LogP contribution < -0.4 is 5.32 Å². The van der Waals surface area contributed by atoms with E-state index in [2.05, 4.69) is 16.4 Å². The molecule has 1 aromatic heterocycles. The minimum absolute atomic E-state index is 0.0771. The van der Waals surface area contributed by atoms with Gasteiger partial charge < -0.3 is 10.1 Å². The lowest BCUT2D eigenvalue weighted by atomic mass is 10.0. The van der Waals surface area contributed by atoms with Gasteiger partial charge in [-0.25, -0.2) is 4.98 Å². The van der Waals surface area contributed by atoms with E-state index < -0.39 is 4.92 Å². The molecule has 1 saturated heterocycles. The van der Waals surface area contributed by atoms with Gasteiger partial charge in [-0.3, -0.25) is 10.1 Å². The molecular weight excluding hydrogens is 296 g/mol. The van der Waals surface area contributed by atoms with Crippen LogP contribution in [0.2, 0.25) is 0 Å². The smallest absolute Gasteiger partial charge is 0.311 e. The van der Waals surface area contributed by atoms with Gasteiger partial charge in [-0.05, 0) is 38.0 Å². The molecule has 2 unspecified atom stereocenters. The van der Waals surface area contributed by atoms with Gasteiger partial charge in [0.1, 0.15) is 11.9 Å². The Labute approximate surface area is 133 Å². The molecule has 0 saturated carbocycles. The maximum atomic E-state index is 11.4. The van der Waals surface area contributed by atoms with E-state index in [0.717, 1.165) is 12.8 Å². The van der Waals surface area contributed by atoms with Gasteiger partial charge in [0.15, 0.2) is 0 Å². The lowest BCUT2D eigenvalue weighted by molar-refractivity contribution is -0.384. The van der Waals surface area contributed by atoms with Crippen LogP contribution in [-0.2, 0) is 4.74 Å². The number of fused-ring (bicyclic) bond motifs is 1. The van der Waals surface area contributed by atoms with E-state index in [-0.39, 0.29) is 17.8 Å². The summed E-state index contributed by atoms with van der Waals surface area (Å²) in [7, 11) is 0. The maximum Gasteiger partial charge on any atom is 0.311 e. The first-order valence-electron chi connectivity index (χ1n) is 7.44. The van der Waals surface area contributed by atoms with Gasteiger partial charge in [-0.2, -0.15) is 5.26 Å². The molecule has 1 N–H and O–H groups in total. The number of benzene rings is 1. The number of ether oxygens (including phenoxy) is 1. The minimum Gasteiger partial charge on any atom is -0.378 e. The molecule has 0 spiro atoms. The largest absolute Gasteiger partial charge is 0.378 e. The van der Waals surface area contributed by atoms with Gasteiger partial charge in [0, 0.05) is 18.0 Å². The molecule has 7 nitrogen and oxygen atoms in total. The van der Waals surface area contributed by atoms with Crippen LogP contribution in [-0.4, -0.2) is 28.7 Å². The number of anilines is 1. The van der Waals surface area contributed by atoms with Gasteiger partial charge in [-0.15, -0.1) is 0 Å². The van der Waals surface area contributed by atoms with Gasteiger partial charge in [0.05, 0.1) is 28.2 Å². The average Bonchev–Trinajstić information content (AvgIpc) is 2.54. The zero-order valence-electron chi connectivity index (χ0n) is 12.7. The van der Waals surface area contributed by atoms with Gasteiger partial charge in [-0.1, -0.05) is 0 Å². The highest BCUT2D eigenvalue weighted by atomic mass is 16.6. The van der Waals surface area contributed by atoms with E-state index in [1.807, 2.05) is 6.92 Å². The fourth-order valence-electron chi connectivity index (χ4n) is 2.88. The van der Waals surface area contributed by atoms with Crippen LogP contribution in [0, 0.1) is 21.4 Å². The number of nitro groups is 1. The molecule has 2 atom stereocenters. The van der Waals surface area contributed by atoms with E-state index in [1.165, 1.54) is 6.20 Å². The van der Waals surface area contributed by atoms with Crippen molar-refractivity contribution in [3.05, 3.63) is 40.1 Å². The van der Waals surface area contributed by atoms with Crippen molar-refractivity contribution in [2.24, 2.45) is 0 Å². The van der Waals surface area contributed by atoms with E-state index in [1.54, 1.807) is 18.2 Å². The molecule has 23 heavy (non-hydrogen) atoms. The molecular formula is C16H16N4O3. The third kappa shape index (κ3) is 3.07. The lowest BCUT2D eigenvalue weighted by Gasteiger charge is -2.28. The van der Waals surface area contributed by atoms with Crippen molar-refractivity contribution >= 4 is 22.3 Å². The predicted octanol–water partition coefficient (Wildman–Crippen LogP) is 2.99. The first-order chi connectivity index (χ1) is 11.1. The third-order valence-corrected chi connectivity index (χ3v) is 4.01. The van der Waals surface area contributed by atoms with E-state index >= 15 is 0 Å². The molecule has 118 valence electrons. The minimum atomic E-state index is -0.448. The number of aromatic nitrogens is 1. The fraction of sp³-hybridized carbons (Fsp3) is 0.375. The quantitative estimate of drug-likeness (QED) is 0.690. The molecule has 0 bridgehead atoms. The summed E-state index contributed by atoms with van der Waals surface area (Å²) in [6.45, 7) is 2.61. The second kappa shape index (κ2) is 6.18. The van der Waals surface area contributed by atoms with E-state index in [9.17, 15) is 10.1 Å². The van der Waals surface area contributed by atoms with Gasteiger partial charge >= 0.3 is 5.69 Å². The molecule has 7 heteroatoms. The summed E-state index contributed by atoms with van der Waals surface area (Å²) in [6, 6.07) is 7.15. The summed E-state index contributed by atoms with van der Waals surface area (Å²) in [5, 5.41) is 24.3. The Morgan fingerprint density at radius 3 is 3.04 bits per heavy atom. The molecule has 3 rings (SSSR count). The third-order valence-electron chi connectivity index (χ3n) is 4.01. The molecule has 1 aliphatic heterocycles. The summed E-state index contributed by atoms with van der Waals surface area (Å²) < 4.78 is 5.52. The number of hydrogen-bond acceptors (Lipinski definition) is 6. The molecule has 1 fully saturated rings. The number of rotatable bonds is 3. The molecule has 2 heterocycles. The van der Waals surface area contributed by atoms with Crippen molar-refractivity contribution in [3.63, 3.8) is 0 Å². The number of nitriles is 1. The Morgan fingerprint density at radius 2 is 2.35 bits per heavy atom. The highest BCUT2D eigenvalue weighted by molar-refractivity contribution is 5.96. The highest BCUT2D eigenvalue weighted by Crippen LogP contribution is 2.34. The highest BCUT2D eigenvalue weighted by Gasteiger charge is 2.24. The molecule has 0 amide bonds. The Bertz CT molecular complexity index is 800. The zero-order chi connectivity index (χ0) is 16.4. The van der Waals surface area contributed by atoms with E-state index in [0.29, 0.717) is 28.8 Å². The van der Waals surface area contributed by atoms with Gasteiger partial charge in [0.2, 0.25) is 0 Å². The average molecular weight is 312 g/mol. The Morgan fingerprint density at radius 1 is 1.52 bits per heavy atom. The molecule has 1 aliphatic rings. The van der Waals surface area contributed by atoms with Crippen LogP contribution in [0.5, 0.6) is 0 Å². The van der Waals surface area contributed by atoms with Crippen molar-refractivity contribution in [2.75, 3.05) is 11.9 Å². The number of nitrogens with zero attached hydrogens (tertiary/aromatic N) is 3. The molecule has 1 aromatic carbocycles. The van der Waals surface area contributed by atoms with Crippen LogP contribution in [0.25, 0.3) is 10.9 Å². The second-order valence-corrected chi connectivity index (χ2v) is 5.67. The predicted molar refractivity (Wildman–Crippen MR) is 85.2 cm³/mol. The van der Waals surface area contributed by atoms with E-state index in [4.69, 9.17) is 10.00 Å². The first kappa shape index (κ1) is 15.2. The summed E-state index contributed by atoms with van der Waals surface area (Å²) in [5.74, 6) is 0. The van der Waals surface area contributed by atoms with Gasteiger partial charge in [0.25, 0.3) is 0 Å². The topological polar surface area (TPSA) is 101 Å². The molecule has 0 radical (unpaired) electrons. The summed E-state index contributed by atoms with van der Waals surface area (Å²) in [4.78, 5) is 15.0. The molecule has 0 aliphatic carbocycles. The Hall–Kier alpha value is -2.72. The van der Waals surface area contributed by atoms with Crippen molar-refractivity contribution in [2.45, 2.75) is 31.9 Å². The van der Waals surface area contributed by atoms with Crippen LogP contribution >= 0.6 is 0 Å². The number of nitrogens with one attached hydrogen (secondary N) is 1. The first-order valence-corrected chi connectivity index (χ1v) is 7.44. The monoisotopic (exact) mass is 312 g/mol. The second-order valence-electron chi connectivity index (χ2n) is 5.67. The number of pyridine rings is 1. The summed E-state index contributed by atoms with van der Waals surface area (Å²) >= 11 is 0. The van der Waals surface area contributed by atoms with Crippen molar-refractivity contribution < 1.29 is 9.66 Å². The van der Waals surface area contributed by atoms with Crippen LogP contribution in [0.4, 0.5) is 11.4 Å². The van der Waals surface area contributed by atoms with Crippen LogP contribution in [0.3, 0.4) is 0 Å². The van der Waals surface area contributed by atoms with Crippen molar-refractivity contribution in [3.8, 4) is 6.07 Å². The van der Waals surface area contributed by atoms with Crippen molar-refractivity contribution in [1.29, 1.82) is 5.26 Å².